The highest BCUT2D eigenvalue weighted by atomic mass is 16.5. The summed E-state index contributed by atoms with van der Waals surface area (Å²) >= 11 is 0. The van der Waals surface area contributed by atoms with Crippen LogP contribution in [0, 0.1) is 0 Å². The summed E-state index contributed by atoms with van der Waals surface area (Å²) in [5.41, 5.74) is 7.91. The van der Waals surface area contributed by atoms with E-state index in [2.05, 4.69) is 31.1 Å². The van der Waals surface area contributed by atoms with Gasteiger partial charge in [-0.1, -0.05) is 25.0 Å². The third-order valence-corrected chi connectivity index (χ3v) is 4.53. The fraction of sp³-hybridized carbons (Fsp3) is 0.647. The van der Waals surface area contributed by atoms with Gasteiger partial charge in [0.05, 0.1) is 6.10 Å². The quantitative estimate of drug-likeness (QED) is 0.896. The van der Waals surface area contributed by atoms with E-state index in [0.717, 1.165) is 5.75 Å². The Morgan fingerprint density at radius 3 is 2.40 bits per heavy atom. The molecule has 1 saturated carbocycles. The summed E-state index contributed by atoms with van der Waals surface area (Å²) in [4.78, 5) is 2.32. The van der Waals surface area contributed by atoms with Crippen LogP contribution >= 0.6 is 0 Å². The molecule has 3 heteroatoms. The number of benzene rings is 1. The number of nitrogens with two attached hydrogens (primary N) is 1. The largest absolute Gasteiger partial charge is 0.491 e. The Bertz CT molecular complexity index is 436. The lowest BCUT2D eigenvalue weighted by Crippen LogP contribution is -2.50. The van der Waals surface area contributed by atoms with E-state index in [0.29, 0.717) is 0 Å². The van der Waals surface area contributed by atoms with Crippen LogP contribution in [-0.4, -0.2) is 30.6 Å². The van der Waals surface area contributed by atoms with Crippen molar-refractivity contribution in [3.8, 4) is 5.75 Å². The Hall–Kier alpha value is -1.06. The molecule has 0 amide bonds. The molecule has 1 aliphatic carbocycles. The minimum atomic E-state index is 0.0377. The summed E-state index contributed by atoms with van der Waals surface area (Å²) in [6, 6.07) is 8.32. The SMILES string of the molecule is CC(C)Oc1cccc(C(N)C2(N(C)C)CCCC2)c1. The maximum atomic E-state index is 6.64. The van der Waals surface area contributed by atoms with Crippen molar-refractivity contribution < 1.29 is 4.74 Å². The second kappa shape index (κ2) is 6.15. The third kappa shape index (κ3) is 2.99. The minimum Gasteiger partial charge on any atom is -0.491 e. The van der Waals surface area contributed by atoms with Crippen molar-refractivity contribution in [1.82, 2.24) is 4.90 Å². The zero-order valence-corrected chi connectivity index (χ0v) is 13.2. The van der Waals surface area contributed by atoms with E-state index in [1.54, 1.807) is 0 Å². The van der Waals surface area contributed by atoms with E-state index < -0.39 is 0 Å². The van der Waals surface area contributed by atoms with Gasteiger partial charge in [0.1, 0.15) is 5.75 Å². The lowest BCUT2D eigenvalue weighted by atomic mass is 9.83. The molecule has 0 aliphatic heterocycles. The van der Waals surface area contributed by atoms with Crippen LogP contribution in [0.15, 0.2) is 24.3 Å². The van der Waals surface area contributed by atoms with E-state index in [-0.39, 0.29) is 17.7 Å². The molecule has 0 aromatic heterocycles. The highest BCUT2D eigenvalue weighted by Crippen LogP contribution is 2.42. The van der Waals surface area contributed by atoms with E-state index in [1.165, 1.54) is 31.2 Å². The van der Waals surface area contributed by atoms with Gasteiger partial charge in [-0.2, -0.15) is 0 Å². The van der Waals surface area contributed by atoms with Gasteiger partial charge in [0.2, 0.25) is 0 Å². The molecule has 112 valence electrons. The van der Waals surface area contributed by atoms with Crippen molar-refractivity contribution in [3.05, 3.63) is 29.8 Å². The second-order valence-corrected chi connectivity index (χ2v) is 6.42. The average Bonchev–Trinajstić information content (AvgIpc) is 2.88. The van der Waals surface area contributed by atoms with Gasteiger partial charge >= 0.3 is 0 Å². The predicted molar refractivity (Wildman–Crippen MR) is 84.0 cm³/mol. The van der Waals surface area contributed by atoms with Crippen molar-refractivity contribution in [2.75, 3.05) is 14.1 Å². The van der Waals surface area contributed by atoms with E-state index in [4.69, 9.17) is 10.5 Å². The predicted octanol–water partition coefficient (Wildman–Crippen LogP) is 3.35. The van der Waals surface area contributed by atoms with E-state index in [1.807, 2.05) is 26.0 Å². The van der Waals surface area contributed by atoms with Gasteiger partial charge in [0.15, 0.2) is 0 Å². The van der Waals surface area contributed by atoms with Gasteiger partial charge < -0.3 is 15.4 Å². The molecule has 0 heterocycles. The first-order valence-corrected chi connectivity index (χ1v) is 7.65. The Morgan fingerprint density at radius 2 is 1.85 bits per heavy atom. The van der Waals surface area contributed by atoms with Crippen molar-refractivity contribution in [2.45, 2.75) is 57.2 Å². The first kappa shape index (κ1) is 15.3. The van der Waals surface area contributed by atoms with Crippen molar-refractivity contribution in [1.29, 1.82) is 0 Å². The van der Waals surface area contributed by atoms with Crippen molar-refractivity contribution >= 4 is 0 Å². The lowest BCUT2D eigenvalue weighted by molar-refractivity contribution is 0.123. The maximum Gasteiger partial charge on any atom is 0.120 e. The maximum absolute atomic E-state index is 6.64. The fourth-order valence-electron chi connectivity index (χ4n) is 3.39. The monoisotopic (exact) mass is 276 g/mol. The van der Waals surface area contributed by atoms with E-state index in [9.17, 15) is 0 Å². The molecule has 0 bridgehead atoms. The van der Waals surface area contributed by atoms with Crippen molar-refractivity contribution in [3.63, 3.8) is 0 Å². The van der Waals surface area contributed by atoms with E-state index >= 15 is 0 Å². The fourth-order valence-corrected chi connectivity index (χ4v) is 3.39. The van der Waals surface area contributed by atoms with Crippen LogP contribution in [0.3, 0.4) is 0 Å². The summed E-state index contributed by atoms with van der Waals surface area (Å²) in [7, 11) is 4.30. The minimum absolute atomic E-state index is 0.0377. The van der Waals surface area contributed by atoms with Crippen LogP contribution in [0.1, 0.15) is 51.1 Å². The molecule has 1 unspecified atom stereocenters. The molecule has 3 nitrogen and oxygen atoms in total. The van der Waals surface area contributed by atoms with Crippen LogP contribution < -0.4 is 10.5 Å². The van der Waals surface area contributed by atoms with Crippen LogP contribution in [-0.2, 0) is 0 Å². The van der Waals surface area contributed by atoms with Crippen molar-refractivity contribution in [2.24, 2.45) is 5.73 Å². The highest BCUT2D eigenvalue weighted by Gasteiger charge is 2.42. The molecule has 2 rings (SSSR count). The Balaban J connectivity index is 2.25. The number of nitrogens with zero attached hydrogens (tertiary/aromatic N) is 1. The number of hydrogen-bond donors (Lipinski definition) is 1. The Labute approximate surface area is 123 Å². The molecular weight excluding hydrogens is 248 g/mol. The van der Waals surface area contributed by atoms with Crippen LogP contribution in [0.5, 0.6) is 5.75 Å². The first-order valence-electron chi connectivity index (χ1n) is 7.65. The Kier molecular flexibility index (Phi) is 4.71. The van der Waals surface area contributed by atoms with Crippen LogP contribution in [0.4, 0.5) is 0 Å². The molecule has 20 heavy (non-hydrogen) atoms. The molecule has 1 fully saturated rings. The molecule has 0 saturated heterocycles. The number of rotatable bonds is 5. The molecular formula is C17H28N2O. The smallest absolute Gasteiger partial charge is 0.120 e. The average molecular weight is 276 g/mol. The summed E-state index contributed by atoms with van der Waals surface area (Å²) in [6.45, 7) is 4.09. The summed E-state index contributed by atoms with van der Waals surface area (Å²) in [6.07, 6.45) is 5.09. The molecule has 1 aliphatic rings. The number of likely N-dealkylation sites (N-methyl/N-ethyl adjacent to an activating group) is 1. The summed E-state index contributed by atoms with van der Waals surface area (Å²) in [5.74, 6) is 0.917. The standard InChI is InChI=1S/C17H28N2O/c1-13(2)20-15-9-7-8-14(12-15)16(18)17(19(3)4)10-5-6-11-17/h7-9,12-13,16H,5-6,10-11,18H2,1-4H3. The highest BCUT2D eigenvalue weighted by molar-refractivity contribution is 5.33. The first-order chi connectivity index (χ1) is 9.45. The van der Waals surface area contributed by atoms with Crippen LogP contribution in [0.25, 0.3) is 0 Å². The van der Waals surface area contributed by atoms with Gasteiger partial charge in [-0.15, -0.1) is 0 Å². The number of ether oxygens (including phenoxy) is 1. The zero-order valence-electron chi connectivity index (χ0n) is 13.2. The molecule has 0 radical (unpaired) electrons. The molecule has 2 N–H and O–H groups in total. The zero-order chi connectivity index (χ0) is 14.8. The van der Waals surface area contributed by atoms with Gasteiger partial charge in [0.25, 0.3) is 0 Å². The molecule has 1 atom stereocenters. The topological polar surface area (TPSA) is 38.5 Å². The second-order valence-electron chi connectivity index (χ2n) is 6.42. The molecule has 1 aromatic carbocycles. The lowest BCUT2D eigenvalue weighted by Gasteiger charge is -2.41. The summed E-state index contributed by atoms with van der Waals surface area (Å²) < 4.78 is 5.79. The van der Waals surface area contributed by atoms with Crippen LogP contribution in [0.2, 0.25) is 0 Å². The molecule has 1 aromatic rings. The molecule has 0 spiro atoms. The number of hydrogen-bond acceptors (Lipinski definition) is 3. The normalized spacial score (nSPS) is 19.6. The third-order valence-electron chi connectivity index (χ3n) is 4.53. The Morgan fingerprint density at radius 1 is 1.20 bits per heavy atom. The van der Waals surface area contributed by atoms with Gasteiger partial charge in [0, 0.05) is 11.6 Å². The summed E-state index contributed by atoms with van der Waals surface area (Å²) in [5, 5.41) is 0. The van der Waals surface area contributed by atoms with Gasteiger partial charge in [-0.3, -0.25) is 0 Å². The van der Waals surface area contributed by atoms with Gasteiger partial charge in [-0.05, 0) is 58.5 Å². The van der Waals surface area contributed by atoms with Gasteiger partial charge in [-0.25, -0.2) is 0 Å².